The maximum absolute atomic E-state index is 12.5. The minimum absolute atomic E-state index is 0.145. The highest BCUT2D eigenvalue weighted by Crippen LogP contribution is 2.14. The molecule has 0 radical (unpaired) electrons. The van der Waals surface area contributed by atoms with Gasteiger partial charge < -0.3 is 15.1 Å². The van der Waals surface area contributed by atoms with Crippen LogP contribution in [-0.2, 0) is 0 Å². The topological polar surface area (TPSA) is 35.6 Å². The van der Waals surface area contributed by atoms with Crippen molar-refractivity contribution in [1.29, 1.82) is 0 Å². The summed E-state index contributed by atoms with van der Waals surface area (Å²) in [7, 11) is 2.11. The quantitative estimate of drug-likeness (QED) is 0.915. The lowest BCUT2D eigenvalue weighted by Gasteiger charge is -2.37. The van der Waals surface area contributed by atoms with Gasteiger partial charge in [-0.3, -0.25) is 4.79 Å². The summed E-state index contributed by atoms with van der Waals surface area (Å²) in [6, 6.07) is 8.25. The Morgan fingerprint density at radius 2 is 2.00 bits per heavy atom. The third kappa shape index (κ3) is 3.51. The number of hydrogen-bond acceptors (Lipinski definition) is 3. The Morgan fingerprint density at radius 3 is 2.60 bits per heavy atom. The zero-order valence-corrected chi connectivity index (χ0v) is 12.7. The molecule has 1 aromatic carbocycles. The highest BCUT2D eigenvalue weighted by atomic mass is 16.2. The van der Waals surface area contributed by atoms with Crippen LogP contribution < -0.4 is 5.32 Å². The van der Waals surface area contributed by atoms with Crippen LogP contribution in [0.2, 0.25) is 0 Å². The molecular weight excluding hydrogens is 250 g/mol. The van der Waals surface area contributed by atoms with E-state index in [4.69, 9.17) is 0 Å². The Kier molecular flexibility index (Phi) is 5.01. The fraction of sp³-hybridized carbons (Fsp3) is 0.562. The average molecular weight is 275 g/mol. The third-order valence-corrected chi connectivity index (χ3v) is 3.96. The summed E-state index contributed by atoms with van der Waals surface area (Å²) >= 11 is 0. The minimum atomic E-state index is 0.145. The number of rotatable bonds is 4. The van der Waals surface area contributed by atoms with Gasteiger partial charge in [0.2, 0.25) is 0 Å². The molecule has 0 saturated carbocycles. The zero-order chi connectivity index (χ0) is 14.5. The summed E-state index contributed by atoms with van der Waals surface area (Å²) in [4.78, 5) is 16.7. The molecule has 1 aliphatic heterocycles. The standard InChI is InChI=1S/C16H25N3O/c1-4-9-17-15-7-5-14(6-8-15)16(20)19-11-10-18(3)13(2)12-19/h5-8,13,17H,4,9-12H2,1-3H3. The van der Waals surface area contributed by atoms with Crippen molar-refractivity contribution in [2.45, 2.75) is 26.3 Å². The summed E-state index contributed by atoms with van der Waals surface area (Å²) in [5.41, 5.74) is 1.86. The third-order valence-electron chi connectivity index (χ3n) is 3.96. The lowest BCUT2D eigenvalue weighted by Crippen LogP contribution is -2.52. The number of carbonyl (C=O) groups excluding carboxylic acids is 1. The number of nitrogens with zero attached hydrogens (tertiary/aromatic N) is 2. The molecule has 1 amide bonds. The van der Waals surface area contributed by atoms with Crippen molar-refractivity contribution in [2.24, 2.45) is 0 Å². The smallest absolute Gasteiger partial charge is 0.253 e. The lowest BCUT2D eigenvalue weighted by atomic mass is 10.1. The van der Waals surface area contributed by atoms with Gasteiger partial charge in [0, 0.05) is 43.5 Å². The van der Waals surface area contributed by atoms with E-state index < -0.39 is 0 Å². The number of carbonyl (C=O) groups is 1. The second kappa shape index (κ2) is 6.75. The van der Waals surface area contributed by atoms with Crippen LogP contribution in [0, 0.1) is 0 Å². The van der Waals surface area contributed by atoms with Gasteiger partial charge in [0.1, 0.15) is 0 Å². The first-order valence-electron chi connectivity index (χ1n) is 7.45. The van der Waals surface area contributed by atoms with E-state index in [2.05, 4.69) is 31.1 Å². The molecular formula is C16H25N3O. The van der Waals surface area contributed by atoms with Gasteiger partial charge in [-0.25, -0.2) is 0 Å². The molecule has 1 saturated heterocycles. The van der Waals surface area contributed by atoms with Crippen molar-refractivity contribution in [3.63, 3.8) is 0 Å². The number of piperazine rings is 1. The van der Waals surface area contributed by atoms with E-state index in [1.54, 1.807) is 0 Å². The van der Waals surface area contributed by atoms with Crippen molar-refractivity contribution in [3.8, 4) is 0 Å². The van der Waals surface area contributed by atoms with Crippen LogP contribution in [0.5, 0.6) is 0 Å². The summed E-state index contributed by atoms with van der Waals surface area (Å²) in [5.74, 6) is 0.145. The molecule has 1 aliphatic rings. The van der Waals surface area contributed by atoms with Crippen molar-refractivity contribution in [2.75, 3.05) is 38.5 Å². The van der Waals surface area contributed by atoms with Gasteiger partial charge in [-0.2, -0.15) is 0 Å². The van der Waals surface area contributed by atoms with Crippen LogP contribution in [0.4, 0.5) is 5.69 Å². The van der Waals surface area contributed by atoms with Gasteiger partial charge in [-0.1, -0.05) is 6.92 Å². The SMILES string of the molecule is CCCNc1ccc(C(=O)N2CCN(C)C(C)C2)cc1. The monoisotopic (exact) mass is 275 g/mol. The second-order valence-electron chi connectivity index (χ2n) is 5.58. The number of benzene rings is 1. The minimum Gasteiger partial charge on any atom is -0.385 e. The molecule has 1 unspecified atom stereocenters. The maximum atomic E-state index is 12.5. The van der Waals surface area contributed by atoms with Crippen molar-refractivity contribution < 1.29 is 4.79 Å². The molecule has 1 atom stereocenters. The molecule has 0 aromatic heterocycles. The van der Waals surface area contributed by atoms with Crippen molar-refractivity contribution in [3.05, 3.63) is 29.8 Å². The summed E-state index contributed by atoms with van der Waals surface area (Å²) in [6.07, 6.45) is 1.10. The molecule has 1 N–H and O–H groups in total. The van der Waals surface area contributed by atoms with E-state index in [9.17, 15) is 4.79 Å². The van der Waals surface area contributed by atoms with Gasteiger partial charge in [-0.15, -0.1) is 0 Å². The number of likely N-dealkylation sites (N-methyl/N-ethyl adjacent to an activating group) is 1. The molecule has 4 heteroatoms. The van der Waals surface area contributed by atoms with Crippen LogP contribution in [0.1, 0.15) is 30.6 Å². The molecule has 20 heavy (non-hydrogen) atoms. The van der Waals surface area contributed by atoms with Crippen LogP contribution in [0.15, 0.2) is 24.3 Å². The molecule has 110 valence electrons. The lowest BCUT2D eigenvalue weighted by molar-refractivity contribution is 0.0572. The highest BCUT2D eigenvalue weighted by molar-refractivity contribution is 5.94. The van der Waals surface area contributed by atoms with Crippen LogP contribution >= 0.6 is 0 Å². The van der Waals surface area contributed by atoms with E-state index in [0.29, 0.717) is 6.04 Å². The van der Waals surface area contributed by atoms with Crippen LogP contribution in [-0.4, -0.2) is 55.0 Å². The fourth-order valence-corrected chi connectivity index (χ4v) is 2.42. The van der Waals surface area contributed by atoms with E-state index in [1.165, 1.54) is 0 Å². The summed E-state index contributed by atoms with van der Waals surface area (Å²) < 4.78 is 0. The second-order valence-corrected chi connectivity index (χ2v) is 5.58. The van der Waals surface area contributed by atoms with E-state index >= 15 is 0 Å². The van der Waals surface area contributed by atoms with Gasteiger partial charge in [0.15, 0.2) is 0 Å². The Bertz CT molecular complexity index is 444. The highest BCUT2D eigenvalue weighted by Gasteiger charge is 2.24. The zero-order valence-electron chi connectivity index (χ0n) is 12.7. The number of amides is 1. The van der Waals surface area contributed by atoms with Crippen molar-refractivity contribution in [1.82, 2.24) is 9.80 Å². The van der Waals surface area contributed by atoms with E-state index in [-0.39, 0.29) is 5.91 Å². The van der Waals surface area contributed by atoms with Crippen LogP contribution in [0.3, 0.4) is 0 Å². The van der Waals surface area contributed by atoms with E-state index in [0.717, 1.165) is 43.9 Å². The van der Waals surface area contributed by atoms with Crippen LogP contribution in [0.25, 0.3) is 0 Å². The Hall–Kier alpha value is -1.55. The molecule has 1 fully saturated rings. The van der Waals surface area contributed by atoms with Gasteiger partial charge >= 0.3 is 0 Å². The first-order valence-corrected chi connectivity index (χ1v) is 7.45. The predicted octanol–water partition coefficient (Wildman–Crippen LogP) is 2.28. The Morgan fingerprint density at radius 1 is 1.30 bits per heavy atom. The number of nitrogens with one attached hydrogen (secondary N) is 1. The molecule has 0 bridgehead atoms. The summed E-state index contributed by atoms with van der Waals surface area (Å²) in [5, 5.41) is 3.32. The largest absolute Gasteiger partial charge is 0.385 e. The normalized spacial score (nSPS) is 19.9. The van der Waals surface area contributed by atoms with Gasteiger partial charge in [0.05, 0.1) is 0 Å². The molecule has 0 spiro atoms. The number of hydrogen-bond donors (Lipinski definition) is 1. The molecule has 1 aromatic rings. The van der Waals surface area contributed by atoms with Gasteiger partial charge in [-0.05, 0) is 44.7 Å². The van der Waals surface area contributed by atoms with Crippen molar-refractivity contribution >= 4 is 11.6 Å². The average Bonchev–Trinajstić information content (AvgIpc) is 2.48. The Balaban J connectivity index is 1.98. The predicted molar refractivity (Wildman–Crippen MR) is 83.2 cm³/mol. The van der Waals surface area contributed by atoms with Gasteiger partial charge in [0.25, 0.3) is 5.91 Å². The Labute approximate surface area is 121 Å². The fourth-order valence-electron chi connectivity index (χ4n) is 2.42. The van der Waals surface area contributed by atoms with E-state index in [1.807, 2.05) is 29.2 Å². The first-order chi connectivity index (χ1) is 9.61. The maximum Gasteiger partial charge on any atom is 0.253 e. The summed E-state index contributed by atoms with van der Waals surface area (Å²) in [6.45, 7) is 7.84. The first kappa shape index (κ1) is 14.9. The molecule has 0 aliphatic carbocycles. The molecule has 2 rings (SSSR count). The molecule has 1 heterocycles. The number of anilines is 1. The molecule has 4 nitrogen and oxygen atoms in total.